The highest BCUT2D eigenvalue weighted by Gasteiger charge is 2.36. The minimum Gasteiger partial charge on any atom is -0.469 e. The smallest absolute Gasteiger partial charge is 0.310 e. The van der Waals surface area contributed by atoms with Gasteiger partial charge in [0.15, 0.2) is 10.6 Å². The number of guanidine groups is 1. The van der Waals surface area contributed by atoms with E-state index in [1.807, 2.05) is 12.1 Å². The Morgan fingerprint density at radius 3 is 2.91 bits per heavy atom. The number of hydrogen-bond donors (Lipinski definition) is 1. The van der Waals surface area contributed by atoms with Gasteiger partial charge >= 0.3 is 5.97 Å². The quantitative estimate of drug-likeness (QED) is 0.497. The summed E-state index contributed by atoms with van der Waals surface area (Å²) in [5.41, 5.74) is 0. The number of esters is 1. The molecule has 6 nitrogen and oxygen atoms in total. The summed E-state index contributed by atoms with van der Waals surface area (Å²) in [6.07, 6.45) is 0.772. The van der Waals surface area contributed by atoms with E-state index in [-0.39, 0.29) is 17.8 Å². The first kappa shape index (κ1) is 16.9. The van der Waals surface area contributed by atoms with Gasteiger partial charge in [0.1, 0.15) is 5.76 Å². The molecule has 122 valence electrons. The highest BCUT2D eigenvalue weighted by atomic mass is 79.9. The molecule has 1 aromatic rings. The third-order valence-corrected chi connectivity index (χ3v) is 4.34. The number of furan rings is 1. The monoisotopic (exact) mass is 371 g/mol. The molecule has 1 aliphatic heterocycles. The number of nitrogens with one attached hydrogen (secondary N) is 1. The molecule has 2 rings (SSSR count). The van der Waals surface area contributed by atoms with Gasteiger partial charge in [0.25, 0.3) is 0 Å². The van der Waals surface area contributed by atoms with Crippen molar-refractivity contribution in [1.82, 2.24) is 10.2 Å². The van der Waals surface area contributed by atoms with Crippen LogP contribution in [0.15, 0.2) is 26.2 Å². The van der Waals surface area contributed by atoms with Crippen LogP contribution in [0, 0.1) is 11.8 Å². The fourth-order valence-corrected chi connectivity index (χ4v) is 3.05. The van der Waals surface area contributed by atoms with Crippen molar-refractivity contribution in [3.05, 3.63) is 22.6 Å². The molecule has 0 aromatic carbocycles. The molecule has 0 bridgehead atoms. The second-order valence-corrected chi connectivity index (χ2v) is 6.22. The lowest BCUT2D eigenvalue weighted by molar-refractivity contribution is -0.145. The van der Waals surface area contributed by atoms with E-state index in [1.165, 1.54) is 7.11 Å². The van der Waals surface area contributed by atoms with Crippen LogP contribution in [0.2, 0.25) is 0 Å². The van der Waals surface area contributed by atoms with Gasteiger partial charge in [0.05, 0.1) is 13.0 Å². The lowest BCUT2D eigenvalue weighted by Crippen LogP contribution is -2.41. The lowest BCUT2D eigenvalue weighted by atomic mass is 9.99. The van der Waals surface area contributed by atoms with Crippen molar-refractivity contribution in [2.24, 2.45) is 16.8 Å². The fourth-order valence-electron chi connectivity index (χ4n) is 2.71. The number of carbonyl (C=O) groups excluding carboxylic acids is 1. The molecule has 1 aliphatic rings. The van der Waals surface area contributed by atoms with E-state index in [1.54, 1.807) is 7.05 Å². The zero-order valence-electron chi connectivity index (χ0n) is 13.1. The van der Waals surface area contributed by atoms with Gasteiger partial charge in [-0.1, -0.05) is 6.92 Å². The predicted octanol–water partition coefficient (Wildman–Crippen LogP) is 1.90. The summed E-state index contributed by atoms with van der Waals surface area (Å²) >= 11 is 3.29. The zero-order chi connectivity index (χ0) is 16.1. The van der Waals surface area contributed by atoms with Crippen LogP contribution in [0.25, 0.3) is 0 Å². The molecule has 7 heteroatoms. The predicted molar refractivity (Wildman–Crippen MR) is 87.7 cm³/mol. The maximum absolute atomic E-state index is 11.8. The molecule has 1 N–H and O–H groups in total. The van der Waals surface area contributed by atoms with Crippen molar-refractivity contribution in [1.29, 1.82) is 0 Å². The number of nitrogens with zero attached hydrogens (tertiary/aromatic N) is 2. The van der Waals surface area contributed by atoms with Crippen LogP contribution in [0.3, 0.4) is 0 Å². The van der Waals surface area contributed by atoms with Crippen molar-refractivity contribution >= 4 is 27.9 Å². The molecular weight excluding hydrogens is 350 g/mol. The Morgan fingerprint density at radius 2 is 2.32 bits per heavy atom. The minimum atomic E-state index is -0.147. The molecule has 0 spiro atoms. The van der Waals surface area contributed by atoms with Gasteiger partial charge in [-0.15, -0.1) is 0 Å². The summed E-state index contributed by atoms with van der Waals surface area (Å²) < 4.78 is 11.1. The number of hydrogen-bond acceptors (Lipinski definition) is 4. The normalized spacial score (nSPS) is 22.0. The van der Waals surface area contributed by atoms with Crippen molar-refractivity contribution in [2.75, 3.05) is 33.8 Å². The van der Waals surface area contributed by atoms with Crippen molar-refractivity contribution < 1.29 is 13.9 Å². The van der Waals surface area contributed by atoms with Gasteiger partial charge in [0.2, 0.25) is 0 Å². The number of methoxy groups -OCH3 is 1. The maximum Gasteiger partial charge on any atom is 0.310 e. The Bertz CT molecular complexity index is 544. The lowest BCUT2D eigenvalue weighted by Gasteiger charge is -2.21. The highest BCUT2D eigenvalue weighted by molar-refractivity contribution is 9.10. The van der Waals surface area contributed by atoms with E-state index in [0.717, 1.165) is 35.9 Å². The molecule has 0 saturated carbocycles. The first-order chi connectivity index (χ1) is 10.5. The molecule has 0 aliphatic carbocycles. The molecule has 1 saturated heterocycles. The summed E-state index contributed by atoms with van der Waals surface area (Å²) in [5, 5.41) is 3.32. The van der Waals surface area contributed by atoms with Crippen LogP contribution < -0.4 is 5.32 Å². The summed E-state index contributed by atoms with van der Waals surface area (Å²) in [7, 11) is 3.19. The standard InChI is InChI=1S/C15H22BrN3O3/c1-10-8-19(9-12(10)14(20)21-3)15(17-2)18-7-6-11-4-5-13(16)22-11/h4-5,10,12H,6-9H2,1-3H3,(H,17,18). The van der Waals surface area contributed by atoms with E-state index >= 15 is 0 Å². The Hall–Kier alpha value is -1.50. The Balaban J connectivity index is 1.86. The Morgan fingerprint density at radius 1 is 1.55 bits per heavy atom. The molecule has 2 atom stereocenters. The van der Waals surface area contributed by atoms with Crippen LogP contribution in [-0.4, -0.2) is 50.6 Å². The van der Waals surface area contributed by atoms with Gasteiger partial charge in [-0.25, -0.2) is 0 Å². The molecule has 0 amide bonds. The summed E-state index contributed by atoms with van der Waals surface area (Å²) in [4.78, 5) is 18.2. The Labute approximate surface area is 139 Å². The highest BCUT2D eigenvalue weighted by Crippen LogP contribution is 2.24. The molecule has 22 heavy (non-hydrogen) atoms. The molecule has 2 heterocycles. The first-order valence-electron chi connectivity index (χ1n) is 7.32. The van der Waals surface area contributed by atoms with Gasteiger partial charge in [-0.3, -0.25) is 9.79 Å². The average molecular weight is 372 g/mol. The minimum absolute atomic E-state index is 0.0930. The molecule has 1 aromatic heterocycles. The number of rotatable bonds is 4. The summed E-state index contributed by atoms with van der Waals surface area (Å²) in [6.45, 7) is 4.22. The number of carbonyl (C=O) groups is 1. The molecule has 2 unspecified atom stereocenters. The third-order valence-electron chi connectivity index (χ3n) is 3.91. The van der Waals surface area contributed by atoms with E-state index in [4.69, 9.17) is 9.15 Å². The molecule has 1 fully saturated rings. The van der Waals surface area contributed by atoms with E-state index in [0.29, 0.717) is 6.54 Å². The van der Waals surface area contributed by atoms with Crippen LogP contribution in [0.5, 0.6) is 0 Å². The van der Waals surface area contributed by atoms with Gasteiger partial charge in [-0.2, -0.15) is 0 Å². The Kier molecular flexibility index (Phi) is 5.88. The summed E-state index contributed by atoms with van der Waals surface area (Å²) in [5.74, 6) is 1.74. The van der Waals surface area contributed by atoms with E-state index in [2.05, 4.69) is 38.1 Å². The van der Waals surface area contributed by atoms with Crippen molar-refractivity contribution in [3.63, 3.8) is 0 Å². The number of aliphatic imine (C=N–C) groups is 1. The van der Waals surface area contributed by atoms with E-state index < -0.39 is 0 Å². The molecule has 0 radical (unpaired) electrons. The van der Waals surface area contributed by atoms with Crippen LogP contribution in [0.1, 0.15) is 12.7 Å². The maximum atomic E-state index is 11.8. The second-order valence-electron chi connectivity index (χ2n) is 5.44. The molecular formula is C15H22BrN3O3. The number of ether oxygens (including phenoxy) is 1. The second kappa shape index (κ2) is 7.67. The van der Waals surface area contributed by atoms with Gasteiger partial charge < -0.3 is 19.4 Å². The largest absolute Gasteiger partial charge is 0.469 e. The SMILES string of the molecule is CN=C(NCCc1ccc(Br)o1)N1CC(C)C(C(=O)OC)C1. The number of halogens is 1. The average Bonchev–Trinajstić information content (AvgIpc) is 3.09. The number of likely N-dealkylation sites (tertiary alicyclic amines) is 1. The van der Waals surface area contributed by atoms with Crippen LogP contribution in [-0.2, 0) is 16.0 Å². The third kappa shape index (κ3) is 4.03. The van der Waals surface area contributed by atoms with E-state index in [9.17, 15) is 4.79 Å². The first-order valence-corrected chi connectivity index (χ1v) is 8.12. The van der Waals surface area contributed by atoms with Gasteiger partial charge in [-0.05, 0) is 34.0 Å². The van der Waals surface area contributed by atoms with Gasteiger partial charge in [0, 0.05) is 33.1 Å². The van der Waals surface area contributed by atoms with Crippen LogP contribution >= 0.6 is 15.9 Å². The van der Waals surface area contributed by atoms with Crippen molar-refractivity contribution in [2.45, 2.75) is 13.3 Å². The topological polar surface area (TPSA) is 67.1 Å². The van der Waals surface area contributed by atoms with Crippen molar-refractivity contribution in [3.8, 4) is 0 Å². The van der Waals surface area contributed by atoms with Crippen LogP contribution in [0.4, 0.5) is 0 Å². The zero-order valence-corrected chi connectivity index (χ0v) is 14.7. The fraction of sp³-hybridized carbons (Fsp3) is 0.600. The summed E-state index contributed by atoms with van der Waals surface area (Å²) in [6, 6.07) is 3.83.